The molecular weight excluding hydrogens is 475 g/mol. The van der Waals surface area contributed by atoms with E-state index in [2.05, 4.69) is 29.3 Å². The number of hydrogen-bond acceptors (Lipinski definition) is 4. The van der Waals surface area contributed by atoms with Crippen LogP contribution in [0.1, 0.15) is 44.0 Å². The molecule has 0 radical (unpaired) electrons. The minimum absolute atomic E-state index is 0.262. The number of carbonyl (C=O) groups excluding carboxylic acids is 1. The van der Waals surface area contributed by atoms with Crippen LogP contribution in [0.15, 0.2) is 53.7 Å². The molecule has 2 aromatic carbocycles. The molecule has 0 spiro atoms. The lowest BCUT2D eigenvalue weighted by atomic mass is 9.99. The second kappa shape index (κ2) is 11.4. The van der Waals surface area contributed by atoms with Crippen molar-refractivity contribution in [3.05, 3.63) is 70.0 Å². The zero-order chi connectivity index (χ0) is 23.2. The number of amides is 1. The van der Waals surface area contributed by atoms with Gasteiger partial charge in [0.25, 0.3) is 0 Å². The van der Waals surface area contributed by atoms with E-state index in [1.54, 1.807) is 17.8 Å². The van der Waals surface area contributed by atoms with Gasteiger partial charge in [-0.15, -0.1) is 10.2 Å². The van der Waals surface area contributed by atoms with Gasteiger partial charge in [-0.05, 0) is 48.9 Å². The van der Waals surface area contributed by atoms with Gasteiger partial charge in [0.15, 0.2) is 5.16 Å². The van der Waals surface area contributed by atoms with Crippen LogP contribution in [0.2, 0.25) is 10.0 Å². The van der Waals surface area contributed by atoms with Crippen molar-refractivity contribution < 1.29 is 4.79 Å². The van der Waals surface area contributed by atoms with Crippen molar-refractivity contribution in [1.82, 2.24) is 19.7 Å². The topological polar surface area (TPSA) is 51.0 Å². The highest BCUT2D eigenvalue weighted by Crippen LogP contribution is 2.29. The van der Waals surface area contributed by atoms with E-state index in [0.717, 1.165) is 66.3 Å². The minimum atomic E-state index is 0.262. The van der Waals surface area contributed by atoms with Gasteiger partial charge in [0, 0.05) is 31.7 Å². The van der Waals surface area contributed by atoms with Gasteiger partial charge in [0.05, 0.1) is 15.7 Å². The number of aromatic nitrogens is 3. The molecule has 33 heavy (non-hydrogen) atoms. The molecule has 5 nitrogen and oxygen atoms in total. The lowest BCUT2D eigenvalue weighted by Crippen LogP contribution is -2.37. The molecule has 1 fully saturated rings. The summed E-state index contributed by atoms with van der Waals surface area (Å²) in [6, 6.07) is 15.7. The summed E-state index contributed by atoms with van der Waals surface area (Å²) in [7, 11) is 0. The summed E-state index contributed by atoms with van der Waals surface area (Å²) in [5, 5.41) is 10.7. The second-order valence-corrected chi connectivity index (χ2v) is 10.4. The van der Waals surface area contributed by atoms with Crippen LogP contribution < -0.4 is 0 Å². The monoisotopic (exact) mass is 502 g/mol. The highest BCUT2D eigenvalue weighted by Gasteiger charge is 2.20. The Balaban J connectivity index is 1.44. The Morgan fingerprint density at radius 1 is 1.06 bits per heavy atom. The molecule has 0 saturated carbocycles. The molecule has 174 valence electrons. The SMILES string of the molecule is CC1CCN(C(=O)CCCSc2nnc(Cc3ccccc3)n2-c2ccc(Cl)c(Cl)c2)CC1. The van der Waals surface area contributed by atoms with Crippen molar-refractivity contribution >= 4 is 40.9 Å². The van der Waals surface area contributed by atoms with Gasteiger partial charge in [-0.1, -0.05) is 72.2 Å². The van der Waals surface area contributed by atoms with E-state index in [-0.39, 0.29) is 5.91 Å². The fraction of sp³-hybridized carbons (Fsp3) is 0.400. The van der Waals surface area contributed by atoms with E-state index in [1.807, 2.05) is 39.8 Å². The Bertz CT molecular complexity index is 1080. The molecule has 1 aliphatic rings. The number of thioether (sulfide) groups is 1. The summed E-state index contributed by atoms with van der Waals surface area (Å²) in [6.07, 6.45) is 4.24. The van der Waals surface area contributed by atoms with E-state index >= 15 is 0 Å². The van der Waals surface area contributed by atoms with Gasteiger partial charge >= 0.3 is 0 Å². The van der Waals surface area contributed by atoms with Gasteiger partial charge in [0.1, 0.15) is 5.82 Å². The maximum Gasteiger partial charge on any atom is 0.222 e. The van der Waals surface area contributed by atoms with Gasteiger partial charge in [-0.3, -0.25) is 9.36 Å². The first-order valence-corrected chi connectivity index (χ1v) is 13.1. The third-order valence-corrected chi connectivity index (χ3v) is 7.72. The number of hydrogen-bond donors (Lipinski definition) is 0. The van der Waals surface area contributed by atoms with Gasteiger partial charge < -0.3 is 4.90 Å². The standard InChI is InChI=1S/C25H28Cl2N4OS/c1-18-11-13-30(14-12-18)24(32)8-5-15-33-25-29-28-23(16-19-6-3-2-4-7-19)31(25)20-9-10-21(26)22(27)17-20/h2-4,6-7,9-10,17-18H,5,8,11-16H2,1H3. The second-order valence-electron chi connectivity index (χ2n) is 8.51. The molecule has 3 aromatic rings. The third-order valence-electron chi connectivity index (χ3n) is 5.97. The summed E-state index contributed by atoms with van der Waals surface area (Å²) in [5.41, 5.74) is 2.03. The Morgan fingerprint density at radius 2 is 1.82 bits per heavy atom. The molecule has 0 N–H and O–H groups in total. The van der Waals surface area contributed by atoms with Gasteiger partial charge in [-0.25, -0.2) is 0 Å². The fourth-order valence-corrected chi connectivity index (χ4v) is 5.18. The van der Waals surface area contributed by atoms with Crippen molar-refractivity contribution in [3.63, 3.8) is 0 Å². The van der Waals surface area contributed by atoms with Crippen LogP contribution in [-0.2, 0) is 11.2 Å². The summed E-state index contributed by atoms with van der Waals surface area (Å²) < 4.78 is 2.04. The van der Waals surface area contributed by atoms with Crippen molar-refractivity contribution in [3.8, 4) is 5.69 Å². The number of nitrogens with zero attached hydrogens (tertiary/aromatic N) is 4. The molecule has 2 heterocycles. The number of piperidine rings is 1. The van der Waals surface area contributed by atoms with Crippen LogP contribution in [0, 0.1) is 5.92 Å². The first-order chi connectivity index (χ1) is 16.0. The van der Waals surface area contributed by atoms with E-state index in [0.29, 0.717) is 22.9 Å². The zero-order valence-corrected chi connectivity index (χ0v) is 21.0. The van der Waals surface area contributed by atoms with Crippen molar-refractivity contribution in [2.75, 3.05) is 18.8 Å². The number of carbonyl (C=O) groups is 1. The van der Waals surface area contributed by atoms with Gasteiger partial charge in [0.2, 0.25) is 5.91 Å². The molecule has 1 aliphatic heterocycles. The van der Waals surface area contributed by atoms with Gasteiger partial charge in [-0.2, -0.15) is 0 Å². The Morgan fingerprint density at radius 3 is 2.55 bits per heavy atom. The van der Waals surface area contributed by atoms with Crippen LogP contribution >= 0.6 is 35.0 Å². The highest BCUT2D eigenvalue weighted by atomic mass is 35.5. The van der Waals surface area contributed by atoms with Crippen LogP contribution in [-0.4, -0.2) is 44.4 Å². The van der Waals surface area contributed by atoms with Crippen LogP contribution in [0.4, 0.5) is 0 Å². The fourth-order valence-electron chi connectivity index (χ4n) is 3.97. The molecule has 1 saturated heterocycles. The third kappa shape index (κ3) is 6.31. The maximum atomic E-state index is 12.5. The summed E-state index contributed by atoms with van der Waals surface area (Å²) in [5.74, 6) is 2.61. The molecule has 8 heteroatoms. The molecule has 1 amide bonds. The van der Waals surface area contributed by atoms with E-state index in [4.69, 9.17) is 23.2 Å². The molecular formula is C25H28Cl2N4OS. The van der Waals surface area contributed by atoms with Crippen molar-refractivity contribution in [2.24, 2.45) is 5.92 Å². The first-order valence-electron chi connectivity index (χ1n) is 11.4. The quantitative estimate of drug-likeness (QED) is 0.268. The predicted molar refractivity (Wildman–Crippen MR) is 136 cm³/mol. The molecule has 4 rings (SSSR count). The molecule has 0 unspecified atom stereocenters. The van der Waals surface area contributed by atoms with Crippen LogP contribution in [0.3, 0.4) is 0 Å². The first kappa shape index (κ1) is 24.1. The smallest absolute Gasteiger partial charge is 0.222 e. The predicted octanol–water partition coefficient (Wildman–Crippen LogP) is 6.30. The number of benzene rings is 2. The zero-order valence-electron chi connectivity index (χ0n) is 18.7. The average molecular weight is 503 g/mol. The van der Waals surface area contributed by atoms with E-state index < -0.39 is 0 Å². The summed E-state index contributed by atoms with van der Waals surface area (Å²) >= 11 is 14.1. The summed E-state index contributed by atoms with van der Waals surface area (Å²) in [4.78, 5) is 14.6. The number of likely N-dealkylation sites (tertiary alicyclic amines) is 1. The Labute approximate surface area is 209 Å². The van der Waals surface area contributed by atoms with E-state index in [9.17, 15) is 4.79 Å². The molecule has 0 atom stereocenters. The average Bonchev–Trinajstić information content (AvgIpc) is 3.21. The lowest BCUT2D eigenvalue weighted by molar-refractivity contribution is -0.132. The Hall–Kier alpha value is -2.02. The highest BCUT2D eigenvalue weighted by molar-refractivity contribution is 7.99. The van der Waals surface area contributed by atoms with E-state index in [1.165, 1.54) is 0 Å². The Kier molecular flexibility index (Phi) is 8.34. The number of halogens is 2. The number of rotatable bonds is 8. The summed E-state index contributed by atoms with van der Waals surface area (Å²) in [6.45, 7) is 4.04. The molecule has 0 bridgehead atoms. The lowest BCUT2D eigenvalue weighted by Gasteiger charge is -2.30. The van der Waals surface area contributed by atoms with Crippen molar-refractivity contribution in [1.29, 1.82) is 0 Å². The normalized spacial score (nSPS) is 14.6. The maximum absolute atomic E-state index is 12.5. The minimum Gasteiger partial charge on any atom is -0.343 e. The largest absolute Gasteiger partial charge is 0.343 e. The molecule has 1 aromatic heterocycles. The molecule has 0 aliphatic carbocycles. The van der Waals surface area contributed by atoms with Crippen molar-refractivity contribution in [2.45, 2.75) is 44.2 Å². The van der Waals surface area contributed by atoms with Crippen LogP contribution in [0.5, 0.6) is 0 Å². The van der Waals surface area contributed by atoms with Crippen LogP contribution in [0.25, 0.3) is 5.69 Å².